The average Bonchev–Trinajstić information content (AvgIpc) is 3.76. The number of hydrogen-bond acceptors (Lipinski definition) is 3. The van der Waals surface area contributed by atoms with Gasteiger partial charge in [-0.15, -0.1) is 0 Å². The van der Waals surface area contributed by atoms with Crippen LogP contribution in [0.15, 0.2) is 174 Å². The van der Waals surface area contributed by atoms with E-state index in [1.807, 2.05) is 24.3 Å². The Morgan fingerprint density at radius 3 is 1.72 bits per heavy atom. The van der Waals surface area contributed by atoms with Crippen LogP contribution in [0.5, 0.6) is 0 Å². The molecule has 0 saturated carbocycles. The minimum Gasteiger partial charge on any atom is -0.456 e. The van der Waals surface area contributed by atoms with Crippen LogP contribution >= 0.6 is 0 Å². The summed E-state index contributed by atoms with van der Waals surface area (Å²) < 4.78 is 6.28. The molecule has 3 heterocycles. The van der Waals surface area contributed by atoms with Crippen LogP contribution in [0, 0.1) is 0 Å². The van der Waals surface area contributed by atoms with Gasteiger partial charge < -0.3 is 9.40 Å². The topological polar surface area (TPSA) is 54.7 Å². The molecule has 0 bridgehead atoms. The number of rotatable bonds is 5. The van der Waals surface area contributed by atoms with Gasteiger partial charge in [0.1, 0.15) is 11.2 Å². The van der Waals surface area contributed by atoms with E-state index in [9.17, 15) is 0 Å². The third-order valence-corrected chi connectivity index (χ3v) is 9.65. The van der Waals surface area contributed by atoms with Crippen LogP contribution in [-0.2, 0) is 0 Å². The Balaban J connectivity index is 1.11. The van der Waals surface area contributed by atoms with E-state index in [1.54, 1.807) is 0 Å². The number of hydrogen-bond donors (Lipinski definition) is 1. The first-order chi connectivity index (χ1) is 24.7. The number of nitrogens with one attached hydrogen (secondary N) is 1. The molecule has 0 aliphatic rings. The van der Waals surface area contributed by atoms with Gasteiger partial charge in [0.25, 0.3) is 0 Å². The van der Waals surface area contributed by atoms with Gasteiger partial charge >= 0.3 is 0 Å². The Hall–Kier alpha value is -6.78. The van der Waals surface area contributed by atoms with Gasteiger partial charge in [0.2, 0.25) is 0 Å². The molecule has 4 heteroatoms. The first kappa shape index (κ1) is 28.3. The van der Waals surface area contributed by atoms with Crippen molar-refractivity contribution in [3.8, 4) is 56.2 Å². The molecule has 0 aliphatic carbocycles. The van der Waals surface area contributed by atoms with Crippen molar-refractivity contribution in [2.24, 2.45) is 0 Å². The number of benzene rings is 7. The number of furan rings is 1. The minimum absolute atomic E-state index is 0.668. The first-order valence-electron chi connectivity index (χ1n) is 16.8. The fraction of sp³-hybridized carbons (Fsp3) is 0. The van der Waals surface area contributed by atoms with Gasteiger partial charge in [0, 0.05) is 49.3 Å². The van der Waals surface area contributed by atoms with Crippen LogP contribution in [0.2, 0.25) is 0 Å². The van der Waals surface area contributed by atoms with Crippen molar-refractivity contribution in [1.29, 1.82) is 0 Å². The van der Waals surface area contributed by atoms with Gasteiger partial charge in [-0.3, -0.25) is 0 Å². The summed E-state index contributed by atoms with van der Waals surface area (Å²) in [6, 6.07) is 59.3. The lowest BCUT2D eigenvalue weighted by molar-refractivity contribution is 0.669. The molecule has 10 rings (SSSR count). The van der Waals surface area contributed by atoms with Crippen LogP contribution in [0.1, 0.15) is 0 Å². The Morgan fingerprint density at radius 1 is 0.340 bits per heavy atom. The van der Waals surface area contributed by atoms with E-state index >= 15 is 0 Å². The maximum atomic E-state index is 6.28. The summed E-state index contributed by atoms with van der Waals surface area (Å²) in [5.41, 5.74) is 13.2. The summed E-state index contributed by atoms with van der Waals surface area (Å²) >= 11 is 0. The summed E-state index contributed by atoms with van der Waals surface area (Å²) in [7, 11) is 0. The van der Waals surface area contributed by atoms with Crippen LogP contribution in [0.4, 0.5) is 0 Å². The Kier molecular flexibility index (Phi) is 6.46. The smallest absolute Gasteiger partial charge is 0.160 e. The van der Waals surface area contributed by atoms with E-state index in [0.717, 1.165) is 72.2 Å². The molecule has 10 aromatic rings. The molecule has 1 N–H and O–H groups in total. The van der Waals surface area contributed by atoms with E-state index in [1.165, 1.54) is 21.9 Å². The van der Waals surface area contributed by atoms with E-state index in [0.29, 0.717) is 5.82 Å². The van der Waals surface area contributed by atoms with Crippen molar-refractivity contribution in [2.75, 3.05) is 0 Å². The lowest BCUT2D eigenvalue weighted by Crippen LogP contribution is -1.96. The summed E-state index contributed by atoms with van der Waals surface area (Å²) in [5, 5.41) is 4.61. The van der Waals surface area contributed by atoms with Gasteiger partial charge in [-0.05, 0) is 64.7 Å². The Morgan fingerprint density at radius 2 is 0.900 bits per heavy atom. The van der Waals surface area contributed by atoms with Crippen molar-refractivity contribution in [1.82, 2.24) is 15.0 Å². The van der Waals surface area contributed by atoms with Crippen LogP contribution in [0.25, 0.3) is 99.9 Å². The van der Waals surface area contributed by atoms with Gasteiger partial charge in [0.15, 0.2) is 5.82 Å². The van der Waals surface area contributed by atoms with Crippen molar-refractivity contribution < 1.29 is 4.42 Å². The van der Waals surface area contributed by atoms with E-state index < -0.39 is 0 Å². The van der Waals surface area contributed by atoms with Crippen molar-refractivity contribution in [2.45, 2.75) is 0 Å². The summed E-state index contributed by atoms with van der Waals surface area (Å²) in [6.45, 7) is 0. The van der Waals surface area contributed by atoms with Crippen LogP contribution in [-0.4, -0.2) is 15.0 Å². The molecule has 4 nitrogen and oxygen atoms in total. The highest BCUT2D eigenvalue weighted by Gasteiger charge is 2.15. The number of H-pyrrole nitrogens is 1. The highest BCUT2D eigenvalue weighted by atomic mass is 16.3. The van der Waals surface area contributed by atoms with E-state index in [4.69, 9.17) is 14.4 Å². The van der Waals surface area contributed by atoms with Gasteiger partial charge in [-0.1, -0.05) is 127 Å². The monoisotopic (exact) mass is 639 g/mol. The molecule has 50 heavy (non-hydrogen) atoms. The molecular formula is C46H29N3O. The highest BCUT2D eigenvalue weighted by Crippen LogP contribution is 2.36. The second-order valence-electron chi connectivity index (χ2n) is 12.7. The molecule has 0 aliphatic heterocycles. The van der Waals surface area contributed by atoms with Crippen molar-refractivity contribution in [3.63, 3.8) is 0 Å². The Labute approximate surface area is 288 Å². The van der Waals surface area contributed by atoms with Gasteiger partial charge in [-0.25, -0.2) is 9.97 Å². The lowest BCUT2D eigenvalue weighted by Gasteiger charge is -2.11. The molecular weight excluding hydrogens is 611 g/mol. The van der Waals surface area contributed by atoms with Crippen molar-refractivity contribution in [3.05, 3.63) is 170 Å². The predicted molar refractivity (Wildman–Crippen MR) is 206 cm³/mol. The zero-order valence-electron chi connectivity index (χ0n) is 27.0. The predicted octanol–water partition coefficient (Wildman–Crippen LogP) is 12.3. The summed E-state index contributed by atoms with van der Waals surface area (Å²) in [6.07, 6.45) is 0. The fourth-order valence-corrected chi connectivity index (χ4v) is 7.09. The quantitative estimate of drug-likeness (QED) is 0.204. The van der Waals surface area contributed by atoms with Crippen LogP contribution < -0.4 is 0 Å². The van der Waals surface area contributed by atoms with Crippen molar-refractivity contribution >= 4 is 43.7 Å². The number of fused-ring (bicyclic) bond motifs is 6. The maximum absolute atomic E-state index is 6.28. The molecule has 0 spiro atoms. The molecule has 0 atom stereocenters. The number of aromatic nitrogens is 3. The number of aromatic amines is 1. The summed E-state index contributed by atoms with van der Waals surface area (Å²) in [4.78, 5) is 14.0. The first-order valence-corrected chi connectivity index (χ1v) is 16.8. The third kappa shape index (κ3) is 4.85. The molecule has 0 saturated heterocycles. The lowest BCUT2D eigenvalue weighted by atomic mass is 9.99. The third-order valence-electron chi connectivity index (χ3n) is 9.65. The summed E-state index contributed by atoms with van der Waals surface area (Å²) in [5.74, 6) is 0.668. The molecule has 0 unspecified atom stereocenters. The fourth-order valence-electron chi connectivity index (χ4n) is 7.09. The molecule has 0 fully saturated rings. The molecule has 234 valence electrons. The molecule has 0 amide bonds. The molecule has 0 radical (unpaired) electrons. The standard InChI is InChI=1S/C46H29N3O/c1-2-9-29(10-3-1)30-17-19-31(20-18-30)32-11-8-12-35(25-32)46-48-41(33-21-23-37-36-13-4-6-15-40(36)47-43(37)26-33)28-42(49-46)34-22-24-39-38-14-5-7-16-44(38)50-45(39)27-34/h1-28,47H. The minimum atomic E-state index is 0.668. The van der Waals surface area contributed by atoms with Gasteiger partial charge in [-0.2, -0.15) is 0 Å². The molecule has 7 aromatic carbocycles. The van der Waals surface area contributed by atoms with Gasteiger partial charge in [0.05, 0.1) is 11.4 Å². The second-order valence-corrected chi connectivity index (χ2v) is 12.7. The zero-order chi connectivity index (χ0) is 33.0. The second kappa shape index (κ2) is 11.4. The number of nitrogens with zero attached hydrogens (tertiary/aromatic N) is 2. The number of para-hydroxylation sites is 2. The Bertz CT molecular complexity index is 2730. The largest absolute Gasteiger partial charge is 0.456 e. The van der Waals surface area contributed by atoms with Crippen LogP contribution in [0.3, 0.4) is 0 Å². The average molecular weight is 640 g/mol. The zero-order valence-corrected chi connectivity index (χ0v) is 27.0. The highest BCUT2D eigenvalue weighted by molar-refractivity contribution is 6.08. The maximum Gasteiger partial charge on any atom is 0.160 e. The molecule has 3 aromatic heterocycles. The normalized spacial score (nSPS) is 11.6. The van der Waals surface area contributed by atoms with E-state index in [2.05, 4.69) is 151 Å². The van der Waals surface area contributed by atoms with E-state index in [-0.39, 0.29) is 0 Å². The SMILES string of the molecule is c1ccc(-c2ccc(-c3cccc(-c4nc(-c5ccc6c(c5)[nH]c5ccccc56)cc(-c5ccc6c(c5)oc5ccccc56)n4)c3)cc2)cc1.